The van der Waals surface area contributed by atoms with Crippen molar-refractivity contribution >= 4 is 6.03 Å². The summed E-state index contributed by atoms with van der Waals surface area (Å²) >= 11 is 0. The van der Waals surface area contributed by atoms with Gasteiger partial charge in [-0.05, 0) is 31.1 Å². The van der Waals surface area contributed by atoms with Crippen molar-refractivity contribution in [1.29, 1.82) is 0 Å². The standard InChI is InChI=1S/C9H18N2O/c1-6-3-7(2)5-8(4-6)11-9(10)12/h6-8H,3-5H2,1-2H3,(H3,10,11,12). The molecule has 1 aliphatic rings. The zero-order valence-electron chi connectivity index (χ0n) is 7.84. The summed E-state index contributed by atoms with van der Waals surface area (Å²) in [6.07, 6.45) is 3.43. The summed E-state index contributed by atoms with van der Waals surface area (Å²) in [7, 11) is 0. The van der Waals surface area contributed by atoms with Crippen LogP contribution in [0.3, 0.4) is 0 Å². The molecule has 0 bridgehead atoms. The van der Waals surface area contributed by atoms with Crippen molar-refractivity contribution in [2.24, 2.45) is 17.6 Å². The average molecular weight is 170 g/mol. The minimum absolute atomic E-state index is 0.307. The van der Waals surface area contributed by atoms with Crippen LogP contribution in [0.1, 0.15) is 33.1 Å². The number of hydrogen-bond acceptors (Lipinski definition) is 1. The number of primary amides is 1. The van der Waals surface area contributed by atoms with E-state index < -0.39 is 0 Å². The van der Waals surface area contributed by atoms with E-state index in [2.05, 4.69) is 19.2 Å². The molecular formula is C9H18N2O. The predicted octanol–water partition coefficient (Wildman–Crippen LogP) is 1.48. The largest absolute Gasteiger partial charge is 0.352 e. The molecule has 12 heavy (non-hydrogen) atoms. The van der Waals surface area contributed by atoms with E-state index in [0.717, 1.165) is 12.8 Å². The molecule has 3 heteroatoms. The third-order valence-electron chi connectivity index (χ3n) is 2.52. The molecule has 0 spiro atoms. The average Bonchev–Trinajstić information content (AvgIpc) is 1.81. The molecule has 1 fully saturated rings. The molecule has 0 radical (unpaired) electrons. The zero-order valence-corrected chi connectivity index (χ0v) is 7.84. The smallest absolute Gasteiger partial charge is 0.312 e. The first-order valence-electron chi connectivity index (χ1n) is 4.64. The number of nitrogens with two attached hydrogens (primary N) is 1. The first-order valence-corrected chi connectivity index (χ1v) is 4.64. The molecule has 2 unspecified atom stereocenters. The Morgan fingerprint density at radius 2 is 1.75 bits per heavy atom. The van der Waals surface area contributed by atoms with E-state index in [1.807, 2.05) is 0 Å². The van der Waals surface area contributed by atoms with Gasteiger partial charge in [-0.3, -0.25) is 0 Å². The third-order valence-corrected chi connectivity index (χ3v) is 2.52. The molecule has 3 nitrogen and oxygen atoms in total. The number of rotatable bonds is 1. The topological polar surface area (TPSA) is 55.1 Å². The Kier molecular flexibility index (Phi) is 2.95. The second-order valence-electron chi connectivity index (χ2n) is 4.12. The van der Waals surface area contributed by atoms with Crippen LogP contribution >= 0.6 is 0 Å². The van der Waals surface area contributed by atoms with Gasteiger partial charge in [-0.15, -0.1) is 0 Å². The molecule has 0 aromatic heterocycles. The Balaban J connectivity index is 2.38. The van der Waals surface area contributed by atoms with Gasteiger partial charge in [0, 0.05) is 6.04 Å². The van der Waals surface area contributed by atoms with Crippen molar-refractivity contribution < 1.29 is 4.79 Å². The maximum Gasteiger partial charge on any atom is 0.312 e. The second-order valence-corrected chi connectivity index (χ2v) is 4.12. The minimum Gasteiger partial charge on any atom is -0.352 e. The highest BCUT2D eigenvalue weighted by Crippen LogP contribution is 2.28. The van der Waals surface area contributed by atoms with Gasteiger partial charge in [0.2, 0.25) is 0 Å². The van der Waals surface area contributed by atoms with E-state index >= 15 is 0 Å². The van der Waals surface area contributed by atoms with Crippen LogP contribution in [0.5, 0.6) is 0 Å². The summed E-state index contributed by atoms with van der Waals surface area (Å²) in [6, 6.07) is -0.0810. The third kappa shape index (κ3) is 2.72. The number of urea groups is 1. The molecule has 0 heterocycles. The number of nitrogens with one attached hydrogen (secondary N) is 1. The summed E-state index contributed by atoms with van der Waals surface area (Å²) < 4.78 is 0. The number of amides is 2. The lowest BCUT2D eigenvalue weighted by Gasteiger charge is -2.31. The Bertz CT molecular complexity index is 160. The molecule has 1 saturated carbocycles. The van der Waals surface area contributed by atoms with Crippen LogP contribution in [0.25, 0.3) is 0 Å². The number of hydrogen-bond donors (Lipinski definition) is 2. The molecule has 0 aromatic carbocycles. The Morgan fingerprint density at radius 3 is 2.17 bits per heavy atom. The van der Waals surface area contributed by atoms with Crippen LogP contribution in [0.2, 0.25) is 0 Å². The molecule has 2 amide bonds. The van der Waals surface area contributed by atoms with E-state index in [1.165, 1.54) is 6.42 Å². The Morgan fingerprint density at radius 1 is 1.25 bits per heavy atom. The van der Waals surface area contributed by atoms with Crippen LogP contribution in [0.15, 0.2) is 0 Å². The van der Waals surface area contributed by atoms with Gasteiger partial charge < -0.3 is 11.1 Å². The fourth-order valence-electron chi connectivity index (χ4n) is 2.27. The van der Waals surface area contributed by atoms with Crippen LogP contribution < -0.4 is 11.1 Å². The van der Waals surface area contributed by atoms with Crippen LogP contribution in [-0.4, -0.2) is 12.1 Å². The predicted molar refractivity (Wildman–Crippen MR) is 48.7 cm³/mol. The molecular weight excluding hydrogens is 152 g/mol. The fourth-order valence-corrected chi connectivity index (χ4v) is 2.27. The van der Waals surface area contributed by atoms with Gasteiger partial charge in [-0.1, -0.05) is 13.8 Å². The molecule has 0 aromatic rings. The maximum atomic E-state index is 10.6. The SMILES string of the molecule is CC1CC(C)CC(NC(N)=O)C1. The highest BCUT2D eigenvalue weighted by Gasteiger charge is 2.24. The fraction of sp³-hybridized carbons (Fsp3) is 0.889. The first kappa shape index (κ1) is 9.36. The minimum atomic E-state index is -0.388. The molecule has 0 saturated heterocycles. The lowest BCUT2D eigenvalue weighted by atomic mass is 9.80. The Labute approximate surface area is 73.7 Å². The quantitative estimate of drug-likeness (QED) is 0.615. The molecule has 1 aliphatic carbocycles. The van der Waals surface area contributed by atoms with Crippen molar-refractivity contribution in [3.63, 3.8) is 0 Å². The van der Waals surface area contributed by atoms with E-state index in [9.17, 15) is 4.79 Å². The highest BCUT2D eigenvalue weighted by atomic mass is 16.2. The lowest BCUT2D eigenvalue weighted by molar-refractivity contribution is 0.219. The molecule has 1 rings (SSSR count). The van der Waals surface area contributed by atoms with E-state index in [0.29, 0.717) is 17.9 Å². The van der Waals surface area contributed by atoms with Gasteiger partial charge >= 0.3 is 6.03 Å². The van der Waals surface area contributed by atoms with Gasteiger partial charge in [-0.2, -0.15) is 0 Å². The van der Waals surface area contributed by atoms with Crippen molar-refractivity contribution in [3.05, 3.63) is 0 Å². The summed E-state index contributed by atoms with van der Waals surface area (Å²) in [5, 5.41) is 2.78. The van der Waals surface area contributed by atoms with Crippen molar-refractivity contribution in [1.82, 2.24) is 5.32 Å². The monoisotopic (exact) mass is 170 g/mol. The van der Waals surface area contributed by atoms with Crippen molar-refractivity contribution in [2.75, 3.05) is 0 Å². The van der Waals surface area contributed by atoms with Crippen LogP contribution in [-0.2, 0) is 0 Å². The molecule has 0 aliphatic heterocycles. The number of carbonyl (C=O) groups excluding carboxylic acids is 1. The van der Waals surface area contributed by atoms with Gasteiger partial charge in [0.15, 0.2) is 0 Å². The zero-order chi connectivity index (χ0) is 9.14. The molecule has 2 atom stereocenters. The van der Waals surface area contributed by atoms with Crippen molar-refractivity contribution in [2.45, 2.75) is 39.2 Å². The highest BCUT2D eigenvalue weighted by molar-refractivity contribution is 5.71. The molecule has 3 N–H and O–H groups in total. The van der Waals surface area contributed by atoms with Gasteiger partial charge in [0.25, 0.3) is 0 Å². The van der Waals surface area contributed by atoms with Gasteiger partial charge in [0.1, 0.15) is 0 Å². The lowest BCUT2D eigenvalue weighted by Crippen LogP contribution is -2.42. The summed E-state index contributed by atoms with van der Waals surface area (Å²) in [5.74, 6) is 1.43. The van der Waals surface area contributed by atoms with Gasteiger partial charge in [0.05, 0.1) is 0 Å². The summed E-state index contributed by atoms with van der Waals surface area (Å²) in [6.45, 7) is 4.46. The number of carbonyl (C=O) groups is 1. The van der Waals surface area contributed by atoms with Crippen LogP contribution in [0.4, 0.5) is 4.79 Å². The van der Waals surface area contributed by atoms with Crippen LogP contribution in [0, 0.1) is 11.8 Å². The van der Waals surface area contributed by atoms with Gasteiger partial charge in [-0.25, -0.2) is 4.79 Å². The van der Waals surface area contributed by atoms with Crippen molar-refractivity contribution in [3.8, 4) is 0 Å². The second kappa shape index (κ2) is 3.78. The maximum absolute atomic E-state index is 10.6. The normalized spacial score (nSPS) is 36.0. The first-order chi connectivity index (χ1) is 5.58. The summed E-state index contributed by atoms with van der Waals surface area (Å²) in [4.78, 5) is 10.6. The van der Waals surface area contributed by atoms with E-state index in [1.54, 1.807) is 0 Å². The van der Waals surface area contributed by atoms with E-state index in [-0.39, 0.29) is 6.03 Å². The molecule has 70 valence electrons. The van der Waals surface area contributed by atoms with E-state index in [4.69, 9.17) is 5.73 Å². The summed E-state index contributed by atoms with van der Waals surface area (Å²) in [5.41, 5.74) is 5.06. The Hall–Kier alpha value is -0.730.